The standard InChI is InChI=1S/C9H8BrClFNO2/c10-5-2-1-4(8(11)9(5)12)6(13)3-7(14)15/h1-2,6H,3,13H2,(H,14,15). The van der Waals surface area contributed by atoms with E-state index in [2.05, 4.69) is 15.9 Å². The van der Waals surface area contributed by atoms with Gasteiger partial charge in [0.1, 0.15) is 0 Å². The van der Waals surface area contributed by atoms with Gasteiger partial charge < -0.3 is 10.8 Å². The molecule has 0 aliphatic rings. The van der Waals surface area contributed by atoms with Crippen LogP contribution in [-0.4, -0.2) is 11.1 Å². The number of hydrogen-bond acceptors (Lipinski definition) is 2. The number of aliphatic carboxylic acids is 1. The SMILES string of the molecule is NC(CC(=O)O)c1ccc(Br)c(F)c1Cl. The highest BCUT2D eigenvalue weighted by Crippen LogP contribution is 2.30. The van der Waals surface area contributed by atoms with E-state index in [9.17, 15) is 9.18 Å². The fourth-order valence-electron chi connectivity index (χ4n) is 1.13. The molecule has 82 valence electrons. The zero-order valence-electron chi connectivity index (χ0n) is 7.51. The number of carboxylic acid groups (broad SMARTS) is 1. The molecule has 0 heterocycles. The molecule has 0 bridgehead atoms. The average molecular weight is 297 g/mol. The van der Waals surface area contributed by atoms with E-state index in [0.717, 1.165) is 0 Å². The molecule has 0 spiro atoms. The Hall–Kier alpha value is -0.650. The molecule has 0 aliphatic carbocycles. The minimum absolute atomic E-state index is 0.141. The second-order valence-corrected chi connectivity index (χ2v) is 4.20. The van der Waals surface area contributed by atoms with Gasteiger partial charge in [-0.05, 0) is 27.6 Å². The van der Waals surface area contributed by atoms with Crippen molar-refractivity contribution in [3.05, 3.63) is 33.0 Å². The third-order valence-corrected chi connectivity index (χ3v) is 2.86. The number of benzene rings is 1. The first-order valence-electron chi connectivity index (χ1n) is 4.04. The second-order valence-electron chi connectivity index (χ2n) is 2.97. The molecule has 15 heavy (non-hydrogen) atoms. The van der Waals surface area contributed by atoms with Crippen molar-refractivity contribution in [2.45, 2.75) is 12.5 Å². The van der Waals surface area contributed by atoms with Gasteiger partial charge in [-0.2, -0.15) is 0 Å². The lowest BCUT2D eigenvalue weighted by Crippen LogP contribution is -2.15. The number of rotatable bonds is 3. The van der Waals surface area contributed by atoms with Gasteiger partial charge in [-0.15, -0.1) is 0 Å². The minimum Gasteiger partial charge on any atom is -0.481 e. The van der Waals surface area contributed by atoms with Crippen molar-refractivity contribution in [2.24, 2.45) is 5.73 Å². The molecule has 0 aliphatic heterocycles. The zero-order valence-corrected chi connectivity index (χ0v) is 9.85. The molecule has 0 saturated carbocycles. The van der Waals surface area contributed by atoms with E-state index < -0.39 is 17.8 Å². The first kappa shape index (κ1) is 12.4. The summed E-state index contributed by atoms with van der Waals surface area (Å²) in [5.74, 6) is -1.68. The topological polar surface area (TPSA) is 63.3 Å². The predicted octanol–water partition coefficient (Wildman–Crippen LogP) is 2.72. The zero-order chi connectivity index (χ0) is 11.6. The number of hydrogen-bond donors (Lipinski definition) is 2. The second kappa shape index (κ2) is 4.92. The smallest absolute Gasteiger partial charge is 0.305 e. The van der Waals surface area contributed by atoms with Crippen LogP contribution in [0, 0.1) is 5.82 Å². The molecule has 0 fully saturated rings. The molecule has 0 radical (unpaired) electrons. The molecule has 1 aromatic carbocycles. The Balaban J connectivity index is 3.05. The third-order valence-electron chi connectivity index (χ3n) is 1.86. The van der Waals surface area contributed by atoms with Crippen molar-refractivity contribution >= 4 is 33.5 Å². The van der Waals surface area contributed by atoms with Gasteiger partial charge in [0.15, 0.2) is 5.82 Å². The summed E-state index contributed by atoms with van der Waals surface area (Å²) in [5, 5.41) is 8.39. The van der Waals surface area contributed by atoms with E-state index in [-0.39, 0.29) is 15.9 Å². The van der Waals surface area contributed by atoms with E-state index in [0.29, 0.717) is 5.56 Å². The Morgan fingerprint density at radius 1 is 1.67 bits per heavy atom. The maximum absolute atomic E-state index is 13.3. The first-order chi connectivity index (χ1) is 6.93. The number of nitrogens with two attached hydrogens (primary N) is 1. The molecule has 0 saturated heterocycles. The van der Waals surface area contributed by atoms with E-state index in [1.165, 1.54) is 12.1 Å². The van der Waals surface area contributed by atoms with Gasteiger partial charge in [0.2, 0.25) is 0 Å². The lowest BCUT2D eigenvalue weighted by molar-refractivity contribution is -0.137. The van der Waals surface area contributed by atoms with E-state index in [4.69, 9.17) is 22.4 Å². The van der Waals surface area contributed by atoms with Gasteiger partial charge in [-0.25, -0.2) is 4.39 Å². The van der Waals surface area contributed by atoms with Crippen molar-refractivity contribution in [3.8, 4) is 0 Å². The van der Waals surface area contributed by atoms with Crippen molar-refractivity contribution in [2.75, 3.05) is 0 Å². The lowest BCUT2D eigenvalue weighted by atomic mass is 10.0. The summed E-state index contributed by atoms with van der Waals surface area (Å²) in [6, 6.07) is 2.14. The van der Waals surface area contributed by atoms with Crippen LogP contribution < -0.4 is 5.73 Å². The third kappa shape index (κ3) is 2.90. The summed E-state index contributed by atoms with van der Waals surface area (Å²) in [5.41, 5.74) is 5.86. The van der Waals surface area contributed by atoms with Crippen LogP contribution in [0.5, 0.6) is 0 Å². The van der Waals surface area contributed by atoms with Crippen LogP contribution in [0.15, 0.2) is 16.6 Å². The van der Waals surface area contributed by atoms with Gasteiger partial charge in [0.05, 0.1) is 15.9 Å². The molecule has 1 aromatic rings. The maximum atomic E-state index is 13.3. The van der Waals surface area contributed by atoms with Crippen molar-refractivity contribution in [3.63, 3.8) is 0 Å². The first-order valence-corrected chi connectivity index (χ1v) is 5.21. The monoisotopic (exact) mass is 295 g/mol. The minimum atomic E-state index is -1.05. The Bertz CT molecular complexity index is 400. The summed E-state index contributed by atoms with van der Waals surface area (Å²) in [6.07, 6.45) is -0.291. The molecule has 3 nitrogen and oxygen atoms in total. The van der Waals surface area contributed by atoms with Crippen LogP contribution >= 0.6 is 27.5 Å². The van der Waals surface area contributed by atoms with Gasteiger partial charge >= 0.3 is 5.97 Å². The highest BCUT2D eigenvalue weighted by atomic mass is 79.9. The summed E-state index contributed by atoms with van der Waals surface area (Å²) in [4.78, 5) is 10.4. The van der Waals surface area contributed by atoms with Crippen LogP contribution in [0.1, 0.15) is 18.0 Å². The molecule has 1 atom stereocenters. The molecule has 0 amide bonds. The van der Waals surface area contributed by atoms with Gasteiger partial charge in [0, 0.05) is 6.04 Å². The summed E-state index contributed by atoms with van der Waals surface area (Å²) in [7, 11) is 0. The van der Waals surface area contributed by atoms with Gasteiger partial charge in [0.25, 0.3) is 0 Å². The molecule has 3 N–H and O–H groups in total. The number of carbonyl (C=O) groups is 1. The van der Waals surface area contributed by atoms with E-state index in [1.807, 2.05) is 0 Å². The van der Waals surface area contributed by atoms with E-state index in [1.54, 1.807) is 0 Å². The fourth-order valence-corrected chi connectivity index (χ4v) is 1.87. The number of halogens is 3. The summed E-state index contributed by atoms with van der Waals surface area (Å²) < 4.78 is 13.5. The number of carboxylic acids is 1. The van der Waals surface area contributed by atoms with Crippen LogP contribution in [0.2, 0.25) is 5.02 Å². The normalized spacial score (nSPS) is 12.5. The maximum Gasteiger partial charge on any atom is 0.305 e. The molecular formula is C9H8BrClFNO2. The molecule has 1 rings (SSSR count). The van der Waals surface area contributed by atoms with Crippen molar-refractivity contribution in [1.29, 1.82) is 0 Å². The van der Waals surface area contributed by atoms with Gasteiger partial charge in [-0.1, -0.05) is 17.7 Å². The predicted molar refractivity (Wildman–Crippen MR) is 58.3 cm³/mol. The van der Waals surface area contributed by atoms with Crippen molar-refractivity contribution in [1.82, 2.24) is 0 Å². The molecule has 0 aromatic heterocycles. The van der Waals surface area contributed by atoms with Crippen molar-refractivity contribution < 1.29 is 14.3 Å². The average Bonchev–Trinajstić information content (AvgIpc) is 2.13. The lowest BCUT2D eigenvalue weighted by Gasteiger charge is -2.12. The Labute approximate surface area is 99.2 Å². The fraction of sp³-hybridized carbons (Fsp3) is 0.222. The summed E-state index contributed by atoms with van der Waals surface area (Å²) in [6.45, 7) is 0. The van der Waals surface area contributed by atoms with Crippen LogP contribution in [0.4, 0.5) is 4.39 Å². The Morgan fingerprint density at radius 2 is 2.27 bits per heavy atom. The molecular weight excluding hydrogens is 288 g/mol. The Morgan fingerprint density at radius 3 is 2.80 bits per heavy atom. The quantitative estimate of drug-likeness (QED) is 0.843. The van der Waals surface area contributed by atoms with E-state index >= 15 is 0 Å². The Kier molecular flexibility index (Phi) is 4.07. The highest BCUT2D eigenvalue weighted by Gasteiger charge is 2.17. The van der Waals surface area contributed by atoms with Gasteiger partial charge in [-0.3, -0.25) is 4.79 Å². The summed E-state index contributed by atoms with van der Waals surface area (Å²) >= 11 is 8.66. The van der Waals surface area contributed by atoms with Crippen LogP contribution in [0.3, 0.4) is 0 Å². The largest absolute Gasteiger partial charge is 0.481 e. The molecule has 1 unspecified atom stereocenters. The molecule has 6 heteroatoms. The highest BCUT2D eigenvalue weighted by molar-refractivity contribution is 9.10. The van der Waals surface area contributed by atoms with Crippen LogP contribution in [-0.2, 0) is 4.79 Å². The van der Waals surface area contributed by atoms with Crippen LogP contribution in [0.25, 0.3) is 0 Å².